The van der Waals surface area contributed by atoms with E-state index in [1.807, 2.05) is 26.8 Å². The Morgan fingerprint density at radius 2 is 2.00 bits per heavy atom. The molecule has 0 radical (unpaired) electrons. The van der Waals surface area contributed by atoms with Crippen LogP contribution in [0.15, 0.2) is 16.7 Å². The molecule has 0 unspecified atom stereocenters. The number of aryl methyl sites for hydroxylation is 3. The first-order valence-electron chi connectivity index (χ1n) is 5.86. The summed E-state index contributed by atoms with van der Waals surface area (Å²) in [6.45, 7) is 6.25. The molecule has 0 spiro atoms. The van der Waals surface area contributed by atoms with Crippen LogP contribution < -0.4 is 5.32 Å². The molecule has 0 fully saturated rings. The molecule has 0 aromatic carbocycles. The maximum Gasteiger partial charge on any atom is 0.277 e. The zero-order valence-corrected chi connectivity index (χ0v) is 12.5. The average Bonchev–Trinajstić information content (AvgIpc) is 2.68. The third-order valence-corrected chi connectivity index (χ3v) is 3.10. The third kappa shape index (κ3) is 2.98. The van der Waals surface area contributed by atoms with E-state index < -0.39 is 0 Å². The molecule has 2 aromatic rings. The molecule has 2 heterocycles. The molecule has 100 valence electrons. The first kappa shape index (κ1) is 13.7. The van der Waals surface area contributed by atoms with Crippen LogP contribution >= 0.6 is 15.9 Å². The van der Waals surface area contributed by atoms with Crippen molar-refractivity contribution < 1.29 is 4.79 Å². The van der Waals surface area contributed by atoms with Gasteiger partial charge in [0, 0.05) is 17.9 Å². The van der Waals surface area contributed by atoms with Crippen LogP contribution in [-0.2, 0) is 6.54 Å². The van der Waals surface area contributed by atoms with Gasteiger partial charge >= 0.3 is 0 Å². The molecule has 2 rings (SSSR count). The highest BCUT2D eigenvalue weighted by molar-refractivity contribution is 9.10. The number of hydrogen-bond acceptors (Lipinski definition) is 4. The third-order valence-electron chi connectivity index (χ3n) is 2.52. The molecule has 0 aliphatic rings. The van der Waals surface area contributed by atoms with Crippen molar-refractivity contribution in [1.29, 1.82) is 0 Å². The van der Waals surface area contributed by atoms with Crippen LogP contribution in [0.25, 0.3) is 0 Å². The topological polar surface area (TPSA) is 72.7 Å². The van der Waals surface area contributed by atoms with Gasteiger partial charge in [-0.2, -0.15) is 5.10 Å². The summed E-state index contributed by atoms with van der Waals surface area (Å²) in [4.78, 5) is 20.6. The van der Waals surface area contributed by atoms with Gasteiger partial charge in [-0.1, -0.05) is 0 Å². The fourth-order valence-electron chi connectivity index (χ4n) is 1.77. The largest absolute Gasteiger partial charge is 0.289 e. The summed E-state index contributed by atoms with van der Waals surface area (Å²) in [7, 11) is 0. The van der Waals surface area contributed by atoms with Gasteiger partial charge in [0.2, 0.25) is 5.95 Å². The second-order valence-electron chi connectivity index (χ2n) is 4.09. The van der Waals surface area contributed by atoms with Gasteiger partial charge in [0.05, 0.1) is 10.7 Å². The minimum absolute atomic E-state index is 0.281. The van der Waals surface area contributed by atoms with Crippen molar-refractivity contribution in [2.75, 3.05) is 5.32 Å². The van der Waals surface area contributed by atoms with Crippen LogP contribution in [-0.4, -0.2) is 25.7 Å². The molecule has 6 nitrogen and oxygen atoms in total. The Balaban J connectivity index is 2.28. The van der Waals surface area contributed by atoms with Crippen LogP contribution in [0.5, 0.6) is 0 Å². The van der Waals surface area contributed by atoms with Gasteiger partial charge in [0.1, 0.15) is 5.69 Å². The van der Waals surface area contributed by atoms with Crippen LogP contribution in [0.2, 0.25) is 0 Å². The van der Waals surface area contributed by atoms with E-state index in [0.717, 1.165) is 11.4 Å². The standard InChI is InChI=1S/C12H14BrN5O/c1-4-18-10(9(13)6-14-18)11(19)17-12-15-7(2)5-8(3)16-12/h5-6H,4H2,1-3H3,(H,15,16,17,19). The second-order valence-corrected chi connectivity index (χ2v) is 4.94. The molecule has 2 aromatic heterocycles. The highest BCUT2D eigenvalue weighted by Gasteiger charge is 2.17. The van der Waals surface area contributed by atoms with Crippen molar-refractivity contribution in [1.82, 2.24) is 19.7 Å². The van der Waals surface area contributed by atoms with Gasteiger partial charge in [-0.25, -0.2) is 9.97 Å². The van der Waals surface area contributed by atoms with Crippen LogP contribution in [0.3, 0.4) is 0 Å². The number of aromatic nitrogens is 4. The lowest BCUT2D eigenvalue weighted by molar-refractivity contribution is 0.101. The molecule has 0 atom stereocenters. The smallest absolute Gasteiger partial charge is 0.277 e. The zero-order chi connectivity index (χ0) is 14.0. The Hall–Kier alpha value is -1.76. The lowest BCUT2D eigenvalue weighted by Gasteiger charge is -2.07. The lowest BCUT2D eigenvalue weighted by atomic mass is 10.3. The number of hydrogen-bond donors (Lipinski definition) is 1. The summed E-state index contributed by atoms with van der Waals surface area (Å²) in [6, 6.07) is 1.85. The molecule has 19 heavy (non-hydrogen) atoms. The lowest BCUT2D eigenvalue weighted by Crippen LogP contribution is -2.19. The van der Waals surface area contributed by atoms with Crippen molar-refractivity contribution in [3.8, 4) is 0 Å². The van der Waals surface area contributed by atoms with Crippen LogP contribution in [0, 0.1) is 13.8 Å². The zero-order valence-electron chi connectivity index (χ0n) is 10.9. The SMILES string of the molecule is CCn1ncc(Br)c1C(=O)Nc1nc(C)cc(C)n1. The first-order valence-corrected chi connectivity index (χ1v) is 6.65. The first-order chi connectivity index (χ1) is 9.01. The molecular formula is C12H14BrN5O. The van der Waals surface area contributed by atoms with E-state index in [1.165, 1.54) is 0 Å². The van der Waals surface area contributed by atoms with Crippen LogP contribution in [0.4, 0.5) is 5.95 Å². The molecule has 0 aliphatic carbocycles. The number of carbonyl (C=O) groups is 1. The van der Waals surface area contributed by atoms with E-state index in [2.05, 4.69) is 36.3 Å². The van der Waals surface area contributed by atoms with E-state index in [9.17, 15) is 4.79 Å². The van der Waals surface area contributed by atoms with E-state index >= 15 is 0 Å². The average molecular weight is 324 g/mol. The number of amides is 1. The minimum atomic E-state index is -0.281. The molecule has 0 aliphatic heterocycles. The van der Waals surface area contributed by atoms with Gasteiger partial charge < -0.3 is 0 Å². The maximum atomic E-state index is 12.2. The Labute approximate surface area is 119 Å². The van der Waals surface area contributed by atoms with Gasteiger partial charge in [-0.3, -0.25) is 14.8 Å². The number of halogens is 1. The van der Waals surface area contributed by atoms with Crippen molar-refractivity contribution >= 4 is 27.8 Å². The fraction of sp³-hybridized carbons (Fsp3) is 0.333. The molecule has 1 N–H and O–H groups in total. The molecule has 0 saturated heterocycles. The molecular weight excluding hydrogens is 310 g/mol. The van der Waals surface area contributed by atoms with Crippen molar-refractivity contribution in [2.45, 2.75) is 27.3 Å². The second kappa shape index (κ2) is 5.48. The predicted molar refractivity (Wildman–Crippen MR) is 75.1 cm³/mol. The Morgan fingerprint density at radius 1 is 1.37 bits per heavy atom. The Kier molecular flexibility index (Phi) is 3.94. The summed E-state index contributed by atoms with van der Waals surface area (Å²) < 4.78 is 2.26. The van der Waals surface area contributed by atoms with Gasteiger partial charge in [-0.15, -0.1) is 0 Å². The highest BCUT2D eigenvalue weighted by Crippen LogP contribution is 2.17. The number of rotatable bonds is 3. The molecule has 1 amide bonds. The molecule has 0 bridgehead atoms. The Bertz CT molecular complexity index is 602. The molecule has 7 heteroatoms. The maximum absolute atomic E-state index is 12.2. The highest BCUT2D eigenvalue weighted by atomic mass is 79.9. The van der Waals surface area contributed by atoms with Crippen molar-refractivity contribution in [3.63, 3.8) is 0 Å². The predicted octanol–water partition coefficient (Wildman–Crippen LogP) is 2.32. The number of anilines is 1. The van der Waals surface area contributed by atoms with Crippen LogP contribution in [0.1, 0.15) is 28.8 Å². The number of carbonyl (C=O) groups excluding carboxylic acids is 1. The number of nitrogens with zero attached hydrogens (tertiary/aromatic N) is 4. The monoisotopic (exact) mass is 323 g/mol. The van der Waals surface area contributed by atoms with E-state index in [1.54, 1.807) is 10.9 Å². The van der Waals surface area contributed by atoms with Gasteiger partial charge in [0.15, 0.2) is 0 Å². The van der Waals surface area contributed by atoms with Crippen molar-refractivity contribution in [2.24, 2.45) is 0 Å². The van der Waals surface area contributed by atoms with E-state index in [4.69, 9.17) is 0 Å². The Morgan fingerprint density at radius 3 is 2.58 bits per heavy atom. The van der Waals surface area contributed by atoms with E-state index in [-0.39, 0.29) is 5.91 Å². The summed E-state index contributed by atoms with van der Waals surface area (Å²) in [5.41, 5.74) is 2.09. The van der Waals surface area contributed by atoms with E-state index in [0.29, 0.717) is 22.7 Å². The van der Waals surface area contributed by atoms with Crippen molar-refractivity contribution in [3.05, 3.63) is 33.8 Å². The summed E-state index contributed by atoms with van der Waals surface area (Å²) >= 11 is 3.32. The normalized spacial score (nSPS) is 10.5. The summed E-state index contributed by atoms with van der Waals surface area (Å²) in [5, 5.41) is 6.79. The molecule has 0 saturated carbocycles. The minimum Gasteiger partial charge on any atom is -0.289 e. The number of nitrogens with one attached hydrogen (secondary N) is 1. The van der Waals surface area contributed by atoms with Gasteiger partial charge in [0.25, 0.3) is 5.91 Å². The fourth-order valence-corrected chi connectivity index (χ4v) is 2.25. The quantitative estimate of drug-likeness (QED) is 0.940. The van der Waals surface area contributed by atoms with Gasteiger partial charge in [-0.05, 0) is 42.8 Å². The summed E-state index contributed by atoms with van der Waals surface area (Å²) in [6.07, 6.45) is 1.60. The summed E-state index contributed by atoms with van der Waals surface area (Å²) in [5.74, 6) is 0.0227.